The number of hydrogen-bond acceptors (Lipinski definition) is 6. The normalized spacial score (nSPS) is 20.1. The van der Waals surface area contributed by atoms with Crippen molar-refractivity contribution in [1.29, 1.82) is 5.26 Å². The van der Waals surface area contributed by atoms with E-state index in [0.29, 0.717) is 23.0 Å². The molecular formula is C28H36N4O3. The van der Waals surface area contributed by atoms with E-state index < -0.39 is 6.04 Å². The first-order chi connectivity index (χ1) is 17.0. The van der Waals surface area contributed by atoms with Crippen LogP contribution < -0.4 is 14.8 Å². The molecule has 0 aliphatic carbocycles. The molecule has 0 radical (unpaired) electrons. The van der Waals surface area contributed by atoms with Gasteiger partial charge in [-0.25, -0.2) is 0 Å². The Morgan fingerprint density at radius 3 is 2.26 bits per heavy atom. The minimum Gasteiger partial charge on any atom is -0.497 e. The van der Waals surface area contributed by atoms with Crippen molar-refractivity contribution >= 4 is 11.6 Å². The molecule has 1 amide bonds. The van der Waals surface area contributed by atoms with E-state index in [0.717, 1.165) is 56.6 Å². The van der Waals surface area contributed by atoms with Crippen LogP contribution >= 0.6 is 0 Å². The lowest BCUT2D eigenvalue weighted by atomic mass is 9.83. The number of benzene rings is 2. The summed E-state index contributed by atoms with van der Waals surface area (Å²) in [5.74, 6) is 1.93. The molecule has 2 heterocycles. The van der Waals surface area contributed by atoms with Gasteiger partial charge >= 0.3 is 0 Å². The summed E-state index contributed by atoms with van der Waals surface area (Å²) in [5.41, 5.74) is 2.16. The molecule has 0 bridgehead atoms. The number of amides is 1. The van der Waals surface area contributed by atoms with E-state index >= 15 is 0 Å². The molecule has 1 N–H and O–H groups in total. The predicted octanol–water partition coefficient (Wildman–Crippen LogP) is 4.45. The number of anilines is 1. The van der Waals surface area contributed by atoms with Gasteiger partial charge in [0.05, 0.1) is 25.9 Å². The van der Waals surface area contributed by atoms with Crippen molar-refractivity contribution in [3.05, 3.63) is 53.6 Å². The standard InChI is InChI=1S/C28H36N4O3/c1-31-14-11-21(12-15-31)26-6-4-5-13-32(26)28(33)27(22-9-7-20(19-29)8-10-22)30-23-16-24(34-2)18-25(17-23)35-3/h7-10,16-18,21,26-27,30H,4-6,11-15H2,1-3H3. The van der Waals surface area contributed by atoms with Gasteiger partial charge < -0.3 is 24.6 Å². The van der Waals surface area contributed by atoms with Gasteiger partial charge in [0.25, 0.3) is 0 Å². The van der Waals surface area contributed by atoms with Gasteiger partial charge in [0, 0.05) is 36.5 Å². The van der Waals surface area contributed by atoms with Crippen LogP contribution in [0.2, 0.25) is 0 Å². The molecule has 2 aliphatic rings. The zero-order valence-electron chi connectivity index (χ0n) is 21.0. The summed E-state index contributed by atoms with van der Waals surface area (Å²) >= 11 is 0. The summed E-state index contributed by atoms with van der Waals surface area (Å²) in [6.07, 6.45) is 5.53. The van der Waals surface area contributed by atoms with E-state index in [1.165, 1.54) is 6.42 Å². The Morgan fingerprint density at radius 2 is 1.66 bits per heavy atom. The minimum atomic E-state index is -0.577. The third-order valence-electron chi connectivity index (χ3n) is 7.42. The molecule has 0 aromatic heterocycles. The molecule has 0 spiro atoms. The number of hydrogen-bond donors (Lipinski definition) is 1. The zero-order chi connectivity index (χ0) is 24.8. The fourth-order valence-corrected chi connectivity index (χ4v) is 5.40. The molecule has 7 nitrogen and oxygen atoms in total. The van der Waals surface area contributed by atoms with Crippen LogP contribution in [0.5, 0.6) is 11.5 Å². The Labute approximate surface area is 208 Å². The molecule has 0 saturated carbocycles. The highest BCUT2D eigenvalue weighted by Crippen LogP contribution is 2.34. The van der Waals surface area contributed by atoms with Gasteiger partial charge in [0.1, 0.15) is 17.5 Å². The summed E-state index contributed by atoms with van der Waals surface area (Å²) < 4.78 is 10.9. The maximum absolute atomic E-state index is 14.2. The molecule has 2 fully saturated rings. The average molecular weight is 477 g/mol. The Balaban J connectivity index is 1.65. The first-order valence-corrected chi connectivity index (χ1v) is 12.5. The Bertz CT molecular complexity index is 1020. The molecule has 2 aromatic carbocycles. The van der Waals surface area contributed by atoms with Crippen LogP contribution in [0.25, 0.3) is 0 Å². The fourth-order valence-electron chi connectivity index (χ4n) is 5.40. The monoisotopic (exact) mass is 476 g/mol. The van der Waals surface area contributed by atoms with Gasteiger partial charge in [-0.05, 0) is 75.9 Å². The number of carbonyl (C=O) groups is 1. The molecule has 2 unspecified atom stereocenters. The van der Waals surface area contributed by atoms with E-state index in [4.69, 9.17) is 9.47 Å². The lowest BCUT2D eigenvalue weighted by Gasteiger charge is -2.44. The lowest BCUT2D eigenvalue weighted by molar-refractivity contribution is -0.137. The van der Waals surface area contributed by atoms with Crippen molar-refractivity contribution < 1.29 is 14.3 Å². The van der Waals surface area contributed by atoms with Crippen molar-refractivity contribution in [3.63, 3.8) is 0 Å². The van der Waals surface area contributed by atoms with Crippen molar-refractivity contribution in [1.82, 2.24) is 9.80 Å². The van der Waals surface area contributed by atoms with Gasteiger partial charge in [0.2, 0.25) is 5.91 Å². The van der Waals surface area contributed by atoms with Crippen LogP contribution in [-0.2, 0) is 4.79 Å². The Morgan fingerprint density at radius 1 is 1.00 bits per heavy atom. The van der Waals surface area contributed by atoms with Gasteiger partial charge in [-0.15, -0.1) is 0 Å². The average Bonchev–Trinajstić information content (AvgIpc) is 2.91. The van der Waals surface area contributed by atoms with E-state index in [1.54, 1.807) is 26.4 Å². The van der Waals surface area contributed by atoms with E-state index in [-0.39, 0.29) is 11.9 Å². The molecular weight excluding hydrogens is 440 g/mol. The molecule has 35 heavy (non-hydrogen) atoms. The number of nitrogens with zero attached hydrogens (tertiary/aromatic N) is 3. The largest absolute Gasteiger partial charge is 0.497 e. The topological polar surface area (TPSA) is 77.8 Å². The third-order valence-corrected chi connectivity index (χ3v) is 7.42. The molecule has 2 saturated heterocycles. The summed E-state index contributed by atoms with van der Waals surface area (Å²) in [6.45, 7) is 2.96. The number of nitrogens with one attached hydrogen (secondary N) is 1. The van der Waals surface area contributed by atoms with Gasteiger partial charge in [-0.1, -0.05) is 12.1 Å². The second kappa shape index (κ2) is 11.5. The van der Waals surface area contributed by atoms with E-state index in [9.17, 15) is 10.1 Å². The van der Waals surface area contributed by atoms with Crippen LogP contribution in [0.15, 0.2) is 42.5 Å². The second-order valence-corrected chi connectivity index (χ2v) is 9.65. The lowest BCUT2D eigenvalue weighted by Crippen LogP contribution is -2.52. The second-order valence-electron chi connectivity index (χ2n) is 9.65. The van der Waals surface area contributed by atoms with Crippen LogP contribution in [0.4, 0.5) is 5.69 Å². The van der Waals surface area contributed by atoms with Crippen LogP contribution in [0.1, 0.15) is 49.3 Å². The van der Waals surface area contributed by atoms with Gasteiger partial charge in [0.15, 0.2) is 0 Å². The maximum Gasteiger partial charge on any atom is 0.249 e. The third kappa shape index (κ3) is 5.88. The number of carbonyl (C=O) groups excluding carboxylic acids is 1. The van der Waals surface area contributed by atoms with Crippen molar-refractivity contribution in [3.8, 4) is 17.6 Å². The molecule has 2 atom stereocenters. The summed E-state index contributed by atoms with van der Waals surface area (Å²) in [6, 6.07) is 14.7. The number of methoxy groups -OCH3 is 2. The highest BCUT2D eigenvalue weighted by atomic mass is 16.5. The highest BCUT2D eigenvalue weighted by Gasteiger charge is 2.37. The number of likely N-dealkylation sites (tertiary alicyclic amines) is 2. The van der Waals surface area contributed by atoms with Crippen LogP contribution in [0.3, 0.4) is 0 Å². The summed E-state index contributed by atoms with van der Waals surface area (Å²) in [4.78, 5) is 18.7. The first-order valence-electron chi connectivity index (χ1n) is 12.5. The minimum absolute atomic E-state index is 0.0834. The van der Waals surface area contributed by atoms with Crippen molar-refractivity contribution in [2.24, 2.45) is 5.92 Å². The molecule has 2 aliphatic heterocycles. The Hall–Kier alpha value is -3.24. The van der Waals surface area contributed by atoms with Crippen LogP contribution in [0, 0.1) is 17.2 Å². The number of piperidine rings is 2. The number of ether oxygens (including phenoxy) is 2. The quantitative estimate of drug-likeness (QED) is 0.636. The SMILES string of the molecule is COc1cc(NC(C(=O)N2CCCCC2C2CCN(C)CC2)c2ccc(C#N)cc2)cc(OC)c1. The van der Waals surface area contributed by atoms with Crippen molar-refractivity contribution in [2.75, 3.05) is 46.2 Å². The Kier molecular flexibility index (Phi) is 8.14. The molecule has 186 valence electrons. The fraction of sp³-hybridized carbons (Fsp3) is 0.500. The number of nitriles is 1. The van der Waals surface area contributed by atoms with Crippen LogP contribution in [-0.4, -0.2) is 62.7 Å². The maximum atomic E-state index is 14.2. The highest BCUT2D eigenvalue weighted by molar-refractivity contribution is 5.86. The van der Waals surface area contributed by atoms with E-state index in [1.807, 2.05) is 30.3 Å². The smallest absolute Gasteiger partial charge is 0.249 e. The molecule has 7 heteroatoms. The van der Waals surface area contributed by atoms with E-state index in [2.05, 4.69) is 28.2 Å². The summed E-state index contributed by atoms with van der Waals surface area (Å²) in [7, 11) is 5.40. The molecule has 2 aromatic rings. The van der Waals surface area contributed by atoms with Crippen molar-refractivity contribution in [2.45, 2.75) is 44.2 Å². The summed E-state index contributed by atoms with van der Waals surface area (Å²) in [5, 5.41) is 12.7. The van der Waals surface area contributed by atoms with Gasteiger partial charge in [-0.3, -0.25) is 4.79 Å². The zero-order valence-corrected chi connectivity index (χ0v) is 21.0. The number of rotatable bonds is 7. The first kappa shape index (κ1) is 24.9. The van der Waals surface area contributed by atoms with Gasteiger partial charge in [-0.2, -0.15) is 5.26 Å². The molecule has 4 rings (SSSR count). The predicted molar refractivity (Wildman–Crippen MR) is 137 cm³/mol.